The number of hydrogen-bond acceptors (Lipinski definition) is 9. The van der Waals surface area contributed by atoms with E-state index in [1.54, 1.807) is 6.20 Å². The molecule has 2 aromatic heterocycles. The van der Waals surface area contributed by atoms with E-state index in [9.17, 15) is 4.79 Å². The van der Waals surface area contributed by atoms with Gasteiger partial charge in [0.25, 0.3) is 5.89 Å². The van der Waals surface area contributed by atoms with Crippen LogP contribution in [0.25, 0.3) is 23.0 Å². The van der Waals surface area contributed by atoms with Gasteiger partial charge in [-0.1, -0.05) is 19.1 Å². The largest absolute Gasteiger partial charge is 0.414 e. The highest BCUT2D eigenvalue weighted by Crippen LogP contribution is 2.41. The zero-order valence-corrected chi connectivity index (χ0v) is 19.6. The van der Waals surface area contributed by atoms with Gasteiger partial charge in [-0.05, 0) is 37.6 Å². The van der Waals surface area contributed by atoms with Gasteiger partial charge in [0.1, 0.15) is 5.82 Å². The first kappa shape index (κ1) is 22.3. The maximum atomic E-state index is 12.1. The molecule has 10 nitrogen and oxygen atoms in total. The van der Waals surface area contributed by atoms with Gasteiger partial charge in [-0.15, -0.1) is 10.2 Å². The van der Waals surface area contributed by atoms with Gasteiger partial charge in [-0.2, -0.15) is 0 Å². The summed E-state index contributed by atoms with van der Waals surface area (Å²) in [4.78, 5) is 25.5. The van der Waals surface area contributed by atoms with Gasteiger partial charge in [0, 0.05) is 51.5 Å². The number of carbonyl (C=O) groups is 1. The molecule has 0 bridgehead atoms. The first-order valence-electron chi connectivity index (χ1n) is 11.7. The number of carbonyl (C=O) groups excluding carboxylic acids is 1. The Bertz CT molecular complexity index is 1180. The van der Waals surface area contributed by atoms with E-state index in [-0.39, 0.29) is 24.5 Å². The summed E-state index contributed by atoms with van der Waals surface area (Å²) in [5.74, 6) is 1.86. The zero-order valence-electron chi connectivity index (χ0n) is 19.6. The molecule has 4 heterocycles. The van der Waals surface area contributed by atoms with Crippen LogP contribution in [-0.4, -0.2) is 64.2 Å². The van der Waals surface area contributed by atoms with Gasteiger partial charge in [0.15, 0.2) is 11.5 Å². The molecule has 2 aliphatic heterocycles. The molecule has 2 saturated heterocycles. The molecule has 3 N–H and O–H groups in total. The molecule has 3 aromatic rings. The molecular weight excluding hydrogens is 432 g/mol. The zero-order chi connectivity index (χ0) is 23.7. The smallest absolute Gasteiger partial charge is 0.270 e. The molecule has 2 fully saturated rings. The molecule has 1 spiro atoms. The number of nitrogens with two attached hydrogens (primary N) is 1. The summed E-state index contributed by atoms with van der Waals surface area (Å²) >= 11 is 0. The number of rotatable bonds is 6. The second kappa shape index (κ2) is 9.02. The van der Waals surface area contributed by atoms with Crippen LogP contribution in [0.1, 0.15) is 33.2 Å². The first-order chi connectivity index (χ1) is 16.5. The molecule has 10 heteroatoms. The average molecular weight is 465 g/mol. The molecule has 2 aliphatic rings. The number of anilines is 2. The van der Waals surface area contributed by atoms with Crippen molar-refractivity contribution in [2.45, 2.75) is 32.7 Å². The quantitative estimate of drug-likeness (QED) is 0.566. The fourth-order valence-electron chi connectivity index (χ4n) is 4.94. The summed E-state index contributed by atoms with van der Waals surface area (Å²) < 4.78 is 5.92. The number of hydrogen-bond donors (Lipinski definition) is 2. The number of aromatic nitrogens is 4. The van der Waals surface area contributed by atoms with Crippen molar-refractivity contribution in [1.29, 1.82) is 0 Å². The van der Waals surface area contributed by atoms with Gasteiger partial charge >= 0.3 is 0 Å². The molecule has 0 saturated carbocycles. The van der Waals surface area contributed by atoms with Gasteiger partial charge in [0.2, 0.25) is 11.8 Å². The summed E-state index contributed by atoms with van der Waals surface area (Å²) in [6.45, 7) is 6.05. The van der Waals surface area contributed by atoms with Gasteiger partial charge in [-0.3, -0.25) is 4.79 Å². The number of nitrogens with one attached hydrogen (secondary N) is 1. The maximum Gasteiger partial charge on any atom is 0.270 e. The Morgan fingerprint density at radius 1 is 1.18 bits per heavy atom. The highest BCUT2D eigenvalue weighted by atomic mass is 16.4. The minimum Gasteiger partial charge on any atom is -0.414 e. The fourth-order valence-corrected chi connectivity index (χ4v) is 4.94. The van der Waals surface area contributed by atoms with Gasteiger partial charge in [0.05, 0.1) is 6.20 Å². The van der Waals surface area contributed by atoms with Crippen molar-refractivity contribution in [3.63, 3.8) is 0 Å². The van der Waals surface area contributed by atoms with E-state index in [2.05, 4.69) is 25.4 Å². The van der Waals surface area contributed by atoms with Crippen molar-refractivity contribution >= 4 is 17.5 Å². The van der Waals surface area contributed by atoms with Crippen LogP contribution < -0.4 is 16.0 Å². The van der Waals surface area contributed by atoms with Crippen molar-refractivity contribution in [1.82, 2.24) is 30.4 Å². The standard InChI is InChI=1S/C24H30N8O2.H2/c1-3-19(33)32-11-9-24(15-32)8-10-31(14-24)18-13-27-21(25)20(28-18)23-30-29-22(34-23)17-6-4-16(5-7-17)12-26-2;/h4-7,13,26H,3,8-12,14-15H2,1-2H3,(H2,25,27);1H. The molecule has 34 heavy (non-hydrogen) atoms. The second-order valence-electron chi connectivity index (χ2n) is 9.19. The van der Waals surface area contributed by atoms with Crippen molar-refractivity contribution in [2.24, 2.45) is 5.41 Å². The second-order valence-corrected chi connectivity index (χ2v) is 9.19. The third kappa shape index (κ3) is 4.21. The summed E-state index contributed by atoms with van der Waals surface area (Å²) in [7, 11) is 1.91. The summed E-state index contributed by atoms with van der Waals surface area (Å²) in [5, 5.41) is 11.5. The van der Waals surface area contributed by atoms with Crippen LogP contribution in [0.2, 0.25) is 0 Å². The highest BCUT2D eigenvalue weighted by molar-refractivity contribution is 5.76. The Labute approximate surface area is 200 Å². The van der Waals surface area contributed by atoms with E-state index >= 15 is 0 Å². The minimum atomic E-state index is 0. The van der Waals surface area contributed by atoms with Crippen molar-refractivity contribution < 1.29 is 10.6 Å². The van der Waals surface area contributed by atoms with E-state index in [0.717, 1.165) is 56.9 Å². The minimum absolute atomic E-state index is 0. The predicted molar refractivity (Wildman–Crippen MR) is 131 cm³/mol. The monoisotopic (exact) mass is 464 g/mol. The summed E-state index contributed by atoms with van der Waals surface area (Å²) in [6, 6.07) is 7.94. The highest BCUT2D eigenvalue weighted by Gasteiger charge is 2.45. The number of likely N-dealkylation sites (tertiary alicyclic amines) is 1. The Kier molecular flexibility index (Phi) is 5.91. The van der Waals surface area contributed by atoms with E-state index in [1.807, 2.05) is 43.1 Å². The van der Waals surface area contributed by atoms with Gasteiger partial charge in [-0.25, -0.2) is 9.97 Å². The van der Waals surface area contributed by atoms with Crippen LogP contribution >= 0.6 is 0 Å². The molecule has 180 valence electrons. The van der Waals surface area contributed by atoms with Crippen molar-refractivity contribution in [2.75, 3.05) is 43.9 Å². The van der Waals surface area contributed by atoms with E-state index < -0.39 is 0 Å². The van der Waals surface area contributed by atoms with Crippen LogP contribution in [0.4, 0.5) is 11.6 Å². The number of benzene rings is 1. The van der Waals surface area contributed by atoms with E-state index in [0.29, 0.717) is 18.0 Å². The lowest BCUT2D eigenvalue weighted by atomic mass is 9.86. The number of amides is 1. The lowest BCUT2D eigenvalue weighted by Gasteiger charge is -2.25. The molecule has 1 atom stereocenters. The van der Waals surface area contributed by atoms with Gasteiger partial charge < -0.3 is 25.3 Å². The third-order valence-electron chi connectivity index (χ3n) is 6.85. The fraction of sp³-hybridized carbons (Fsp3) is 0.458. The Balaban J connectivity index is 0.00000289. The van der Waals surface area contributed by atoms with Crippen LogP contribution in [0.15, 0.2) is 34.9 Å². The number of nitrogens with zero attached hydrogens (tertiary/aromatic N) is 6. The molecule has 1 amide bonds. The Morgan fingerprint density at radius 3 is 2.71 bits per heavy atom. The van der Waals surface area contributed by atoms with Crippen LogP contribution in [0, 0.1) is 5.41 Å². The molecule has 0 radical (unpaired) electrons. The Morgan fingerprint density at radius 2 is 1.94 bits per heavy atom. The van der Waals surface area contributed by atoms with E-state index in [1.165, 1.54) is 5.56 Å². The molecule has 0 aliphatic carbocycles. The summed E-state index contributed by atoms with van der Waals surface area (Å²) in [5.41, 5.74) is 8.63. The normalized spacial score (nSPS) is 19.9. The van der Waals surface area contributed by atoms with Crippen LogP contribution in [-0.2, 0) is 11.3 Å². The predicted octanol–water partition coefficient (Wildman–Crippen LogP) is 2.58. The lowest BCUT2D eigenvalue weighted by Crippen LogP contribution is -2.33. The van der Waals surface area contributed by atoms with Crippen molar-refractivity contribution in [3.8, 4) is 23.0 Å². The molecule has 1 unspecified atom stereocenters. The molecule has 1 aromatic carbocycles. The Hall–Kier alpha value is -3.53. The number of nitrogen functional groups attached to an aromatic ring is 1. The average Bonchev–Trinajstić information content (AvgIpc) is 3.61. The first-order valence-corrected chi connectivity index (χ1v) is 11.7. The summed E-state index contributed by atoms with van der Waals surface area (Å²) in [6.07, 6.45) is 4.29. The SMILES string of the molecule is CCC(=O)N1CCC2(CCN(c3cnc(N)c(-c4nnc(-c5ccc(CNC)cc5)o4)n3)C2)C1.[HH]. The van der Waals surface area contributed by atoms with E-state index in [4.69, 9.17) is 15.1 Å². The lowest BCUT2D eigenvalue weighted by molar-refractivity contribution is -0.130. The third-order valence-corrected chi connectivity index (χ3v) is 6.85. The van der Waals surface area contributed by atoms with Crippen LogP contribution in [0.3, 0.4) is 0 Å². The maximum absolute atomic E-state index is 12.1. The molecular formula is C24H32N8O2. The van der Waals surface area contributed by atoms with Crippen molar-refractivity contribution in [3.05, 3.63) is 36.0 Å². The topological polar surface area (TPSA) is 126 Å². The van der Waals surface area contributed by atoms with Crippen LogP contribution in [0.5, 0.6) is 0 Å². The molecule has 5 rings (SSSR count).